The highest BCUT2D eigenvalue weighted by molar-refractivity contribution is 7.80. The molecule has 0 aliphatic carbocycles. The van der Waals surface area contributed by atoms with Gasteiger partial charge in [-0.1, -0.05) is 77.6 Å². The van der Waals surface area contributed by atoms with Gasteiger partial charge in [0, 0.05) is 0 Å². The second-order valence-electron chi connectivity index (χ2n) is 7.79. The van der Waals surface area contributed by atoms with E-state index in [0.29, 0.717) is 0 Å². The zero-order chi connectivity index (χ0) is 20.3. The third-order valence-electron chi connectivity index (χ3n) is 4.93. The van der Waals surface area contributed by atoms with E-state index in [-0.39, 0.29) is 0 Å². The Morgan fingerprint density at radius 1 is 0.731 bits per heavy atom. The summed E-state index contributed by atoms with van der Waals surface area (Å²) in [5.41, 5.74) is 0. The van der Waals surface area contributed by atoms with Gasteiger partial charge in [0.25, 0.3) is 0 Å². The van der Waals surface area contributed by atoms with E-state index in [0.717, 1.165) is 7.11 Å². The van der Waals surface area contributed by atoms with Crippen LogP contribution in [0.2, 0.25) is 0 Å². The minimum absolute atomic E-state index is 0.808. The maximum atomic E-state index is 9.22. The van der Waals surface area contributed by atoms with E-state index in [1.54, 1.807) is 0 Å². The molecule has 0 unspecified atom stereocenters. The lowest BCUT2D eigenvalue weighted by Crippen LogP contribution is -2.39. The van der Waals surface area contributed by atoms with Gasteiger partial charge in [-0.15, -0.1) is 0 Å². The molecule has 0 saturated carbocycles. The summed E-state index contributed by atoms with van der Waals surface area (Å²) >= 11 is 0. The van der Waals surface area contributed by atoms with Gasteiger partial charge in [-0.3, -0.25) is 4.18 Å². The van der Waals surface area contributed by atoms with Gasteiger partial charge in [0.1, 0.15) is 0 Å². The van der Waals surface area contributed by atoms with Gasteiger partial charge in [0.15, 0.2) is 0 Å². The summed E-state index contributed by atoms with van der Waals surface area (Å²) in [5.74, 6) is 0. The number of hydrogen-bond acceptors (Lipinski definition) is 4. The highest BCUT2D eigenvalue weighted by atomic mass is 32.3. The highest BCUT2D eigenvalue weighted by Crippen LogP contribution is 2.13. The van der Waals surface area contributed by atoms with Crippen molar-refractivity contribution in [1.82, 2.24) is 0 Å². The smallest absolute Gasteiger partial charge is 0.217 e. The van der Waals surface area contributed by atoms with Crippen LogP contribution in [0, 0.1) is 0 Å². The topological polar surface area (TPSA) is 66.4 Å². The summed E-state index contributed by atoms with van der Waals surface area (Å²) < 4.78 is 32.2. The van der Waals surface area contributed by atoms with Crippen LogP contribution in [0.5, 0.6) is 0 Å². The molecule has 0 N–H and O–H groups in total. The van der Waals surface area contributed by atoms with E-state index in [2.05, 4.69) is 32.1 Å². The Balaban J connectivity index is 0. The molecule has 160 valence electrons. The van der Waals surface area contributed by atoms with Crippen LogP contribution in [0.15, 0.2) is 0 Å². The number of unbranched alkanes of at least 4 members (excludes halogenated alkanes) is 12. The van der Waals surface area contributed by atoms with Crippen LogP contribution >= 0.6 is 0 Å². The first-order chi connectivity index (χ1) is 12.2. The zero-order valence-corrected chi connectivity index (χ0v) is 18.9. The molecular weight excluding hydrogens is 350 g/mol. The lowest BCUT2D eigenvalue weighted by molar-refractivity contribution is -0.888. The second kappa shape index (κ2) is 18.2. The fourth-order valence-electron chi connectivity index (χ4n) is 2.72. The van der Waals surface area contributed by atoms with Crippen molar-refractivity contribution in [3.05, 3.63) is 0 Å². The van der Waals surface area contributed by atoms with E-state index >= 15 is 0 Å². The average Bonchev–Trinajstić information content (AvgIpc) is 2.59. The Hall–Kier alpha value is -0.170. The molecule has 26 heavy (non-hydrogen) atoms. The minimum Gasteiger partial charge on any atom is -0.726 e. The summed E-state index contributed by atoms with van der Waals surface area (Å²) in [7, 11) is 1.09. The third-order valence-corrected chi connectivity index (χ3v) is 5.34. The summed E-state index contributed by atoms with van der Waals surface area (Å²) in [4.78, 5) is 0. The highest BCUT2D eigenvalue weighted by Gasteiger charge is 2.09. The van der Waals surface area contributed by atoms with Crippen molar-refractivity contribution < 1.29 is 21.6 Å². The Morgan fingerprint density at radius 2 is 1.04 bits per heavy atom. The monoisotopic (exact) mass is 395 g/mol. The van der Waals surface area contributed by atoms with E-state index in [9.17, 15) is 13.0 Å². The Kier molecular flexibility index (Phi) is 19.6. The van der Waals surface area contributed by atoms with Crippen LogP contribution in [-0.4, -0.2) is 51.7 Å². The van der Waals surface area contributed by atoms with Crippen LogP contribution in [0.1, 0.15) is 97.3 Å². The Labute approximate surface area is 164 Å². The molecule has 0 aliphatic heterocycles. The molecule has 0 aliphatic rings. The first-order valence-electron chi connectivity index (χ1n) is 10.5. The average molecular weight is 396 g/mol. The molecule has 0 aromatic heterocycles. The molecule has 0 fully saturated rings. The number of hydrogen-bond donors (Lipinski definition) is 0. The van der Waals surface area contributed by atoms with E-state index in [1.165, 1.54) is 101 Å². The predicted octanol–water partition coefficient (Wildman–Crippen LogP) is 5.27. The molecular formula is C20H45NO4S. The van der Waals surface area contributed by atoms with E-state index in [1.807, 2.05) is 0 Å². The van der Waals surface area contributed by atoms with Crippen molar-refractivity contribution in [3.8, 4) is 0 Å². The first kappa shape index (κ1) is 28.0. The number of nitrogens with zero attached hydrogens (tertiary/aromatic N) is 1. The molecule has 0 heterocycles. The van der Waals surface area contributed by atoms with Gasteiger partial charge < -0.3 is 9.04 Å². The molecule has 5 nitrogen and oxygen atoms in total. The first-order valence-corrected chi connectivity index (χ1v) is 11.8. The van der Waals surface area contributed by atoms with Gasteiger partial charge in [-0.25, -0.2) is 8.42 Å². The molecule has 0 spiro atoms. The van der Waals surface area contributed by atoms with Gasteiger partial charge in [-0.05, 0) is 19.8 Å². The summed E-state index contributed by atoms with van der Waals surface area (Å²) in [6.07, 6.45) is 18.9. The van der Waals surface area contributed by atoms with Crippen molar-refractivity contribution in [2.75, 3.05) is 34.3 Å². The molecule has 0 aromatic carbocycles. The van der Waals surface area contributed by atoms with Crippen molar-refractivity contribution >= 4 is 10.4 Å². The predicted molar refractivity (Wildman–Crippen MR) is 110 cm³/mol. The third kappa shape index (κ3) is 26.1. The normalized spacial score (nSPS) is 11.9. The maximum Gasteiger partial charge on any atom is 0.217 e. The van der Waals surface area contributed by atoms with Crippen LogP contribution in [0.4, 0.5) is 0 Å². The quantitative estimate of drug-likeness (QED) is 0.155. The van der Waals surface area contributed by atoms with Crippen molar-refractivity contribution in [3.63, 3.8) is 0 Å². The van der Waals surface area contributed by atoms with Crippen molar-refractivity contribution in [1.29, 1.82) is 0 Å². The SMILES string of the molecule is CCCCCCCCCCCCCCC[N+](C)(C)CC.COS(=O)(=O)[O-]. The Bertz CT molecular complexity index is 383. The largest absolute Gasteiger partial charge is 0.726 e. The van der Waals surface area contributed by atoms with Crippen LogP contribution in [0.25, 0.3) is 0 Å². The molecule has 0 amide bonds. The summed E-state index contributed by atoms with van der Waals surface area (Å²) in [5, 5.41) is 0. The standard InChI is InChI=1S/C19H42N.CH4O4S/c1-5-7-8-9-10-11-12-13-14-15-16-17-18-19-20(3,4)6-2;1-5-6(2,3)4/h5-19H2,1-4H3;1H3,(H,2,3,4)/q+1;/p-1. The van der Waals surface area contributed by atoms with Crippen LogP contribution in [0.3, 0.4) is 0 Å². The van der Waals surface area contributed by atoms with Crippen LogP contribution < -0.4 is 0 Å². The summed E-state index contributed by atoms with van der Waals surface area (Å²) in [6, 6.07) is 0. The molecule has 0 saturated heterocycles. The number of rotatable bonds is 16. The Morgan fingerprint density at radius 3 is 1.31 bits per heavy atom. The fourth-order valence-corrected chi connectivity index (χ4v) is 2.72. The summed E-state index contributed by atoms with van der Waals surface area (Å²) in [6.45, 7) is 7.21. The zero-order valence-electron chi connectivity index (χ0n) is 18.1. The fraction of sp³-hybridized carbons (Fsp3) is 1.00. The van der Waals surface area contributed by atoms with Crippen LogP contribution in [-0.2, 0) is 14.6 Å². The molecule has 0 atom stereocenters. The lowest BCUT2D eigenvalue weighted by Gasteiger charge is -2.28. The lowest BCUT2D eigenvalue weighted by atomic mass is 10.0. The molecule has 0 bridgehead atoms. The van der Waals surface area contributed by atoms with Gasteiger partial charge in [-0.2, -0.15) is 0 Å². The van der Waals surface area contributed by atoms with Gasteiger partial charge in [0.05, 0.1) is 34.3 Å². The van der Waals surface area contributed by atoms with Crippen molar-refractivity contribution in [2.24, 2.45) is 0 Å². The molecule has 0 radical (unpaired) electrons. The minimum atomic E-state index is -4.41. The number of quaternary nitrogens is 1. The van der Waals surface area contributed by atoms with Gasteiger partial charge in [0.2, 0.25) is 10.4 Å². The molecule has 0 aromatic rings. The second-order valence-corrected chi connectivity index (χ2v) is 8.94. The molecule has 6 heteroatoms. The van der Waals surface area contributed by atoms with Gasteiger partial charge >= 0.3 is 0 Å². The van der Waals surface area contributed by atoms with Crippen molar-refractivity contribution in [2.45, 2.75) is 97.3 Å². The van der Waals surface area contributed by atoms with E-state index < -0.39 is 10.4 Å². The molecule has 0 rings (SSSR count). The maximum absolute atomic E-state index is 9.22. The van der Waals surface area contributed by atoms with E-state index in [4.69, 9.17) is 0 Å².